The van der Waals surface area contributed by atoms with Crippen molar-refractivity contribution in [2.45, 2.75) is 38.3 Å². The number of halogens is 1. The number of aryl methyl sites for hydroxylation is 1. The molecule has 1 saturated carbocycles. The summed E-state index contributed by atoms with van der Waals surface area (Å²) in [6, 6.07) is 1.82. The van der Waals surface area contributed by atoms with Gasteiger partial charge in [0.15, 0.2) is 5.82 Å². The fraction of sp³-hybridized carbons (Fsp3) is 0.615. The van der Waals surface area contributed by atoms with Gasteiger partial charge in [0.1, 0.15) is 6.10 Å². The molecular weight excluding hydrogens is 219 g/mol. The second kappa shape index (κ2) is 5.00. The van der Waals surface area contributed by atoms with Gasteiger partial charge in [0.2, 0.25) is 0 Å². The molecule has 0 spiro atoms. The summed E-state index contributed by atoms with van der Waals surface area (Å²) < 4.78 is 19.3. The molecule has 2 rings (SSSR count). The maximum absolute atomic E-state index is 13.6. The molecule has 0 aliphatic heterocycles. The fourth-order valence-corrected chi connectivity index (χ4v) is 2.39. The number of likely N-dealkylation sites (N-methyl/N-ethyl adjacent to an activating group) is 1. The van der Waals surface area contributed by atoms with E-state index < -0.39 is 0 Å². The van der Waals surface area contributed by atoms with Crippen molar-refractivity contribution >= 4 is 0 Å². The first-order valence-electron chi connectivity index (χ1n) is 6.03. The van der Waals surface area contributed by atoms with Crippen LogP contribution in [0.3, 0.4) is 0 Å². The average Bonchev–Trinajstić information content (AvgIpc) is 2.70. The molecule has 1 aliphatic rings. The number of ether oxygens (including phenoxy) is 1. The van der Waals surface area contributed by atoms with Crippen LogP contribution in [-0.2, 0) is 0 Å². The van der Waals surface area contributed by atoms with Crippen LogP contribution in [0.25, 0.3) is 0 Å². The summed E-state index contributed by atoms with van der Waals surface area (Å²) in [7, 11) is 4.07. The minimum atomic E-state index is -0.366. The van der Waals surface area contributed by atoms with Crippen LogP contribution in [0.15, 0.2) is 12.3 Å². The van der Waals surface area contributed by atoms with Crippen molar-refractivity contribution in [3.05, 3.63) is 23.6 Å². The van der Waals surface area contributed by atoms with Crippen LogP contribution in [0.2, 0.25) is 0 Å². The van der Waals surface area contributed by atoms with Gasteiger partial charge in [-0.05, 0) is 51.9 Å². The zero-order valence-corrected chi connectivity index (χ0v) is 10.6. The quantitative estimate of drug-likeness (QED) is 0.808. The van der Waals surface area contributed by atoms with Gasteiger partial charge >= 0.3 is 0 Å². The van der Waals surface area contributed by atoms with E-state index >= 15 is 0 Å². The van der Waals surface area contributed by atoms with Crippen LogP contribution < -0.4 is 4.74 Å². The van der Waals surface area contributed by atoms with E-state index in [9.17, 15) is 4.39 Å². The summed E-state index contributed by atoms with van der Waals surface area (Å²) in [5, 5.41) is 0. The van der Waals surface area contributed by atoms with E-state index in [1.165, 1.54) is 6.07 Å². The molecule has 1 fully saturated rings. The Morgan fingerprint density at radius 2 is 2.18 bits per heavy atom. The lowest BCUT2D eigenvalue weighted by molar-refractivity contribution is 0.111. The molecule has 2 atom stereocenters. The summed E-state index contributed by atoms with van der Waals surface area (Å²) in [4.78, 5) is 6.16. The van der Waals surface area contributed by atoms with E-state index in [1.54, 1.807) is 6.20 Å². The van der Waals surface area contributed by atoms with Crippen LogP contribution >= 0.6 is 0 Å². The molecule has 0 aromatic carbocycles. The van der Waals surface area contributed by atoms with Crippen molar-refractivity contribution in [3.8, 4) is 5.88 Å². The predicted molar refractivity (Wildman–Crippen MR) is 64.7 cm³/mol. The Kier molecular flexibility index (Phi) is 3.62. The molecule has 1 heterocycles. The van der Waals surface area contributed by atoms with Gasteiger partial charge in [0.05, 0.1) is 0 Å². The second-order valence-electron chi connectivity index (χ2n) is 4.92. The third-order valence-electron chi connectivity index (χ3n) is 3.29. The molecule has 0 bridgehead atoms. The van der Waals surface area contributed by atoms with E-state index in [0.717, 1.165) is 24.8 Å². The topological polar surface area (TPSA) is 25.4 Å². The SMILES string of the molecule is Cc1cnc(OC2CCCC2N(C)C)c(F)c1. The molecule has 94 valence electrons. The summed E-state index contributed by atoms with van der Waals surface area (Å²) in [6.07, 6.45) is 4.89. The molecule has 0 radical (unpaired) electrons. The van der Waals surface area contributed by atoms with Gasteiger partial charge in [-0.3, -0.25) is 0 Å². The summed E-state index contributed by atoms with van der Waals surface area (Å²) in [5.41, 5.74) is 0.811. The van der Waals surface area contributed by atoms with E-state index in [4.69, 9.17) is 4.74 Å². The molecule has 1 aliphatic carbocycles. The first kappa shape index (κ1) is 12.3. The van der Waals surface area contributed by atoms with Gasteiger partial charge in [0.25, 0.3) is 5.88 Å². The minimum Gasteiger partial charge on any atom is -0.471 e. The Balaban J connectivity index is 2.09. The van der Waals surface area contributed by atoms with Crippen molar-refractivity contribution in [3.63, 3.8) is 0 Å². The molecule has 0 saturated heterocycles. The first-order chi connectivity index (χ1) is 8.08. The lowest BCUT2D eigenvalue weighted by Gasteiger charge is -2.26. The number of hydrogen-bond acceptors (Lipinski definition) is 3. The Morgan fingerprint density at radius 1 is 1.41 bits per heavy atom. The average molecular weight is 238 g/mol. The monoisotopic (exact) mass is 238 g/mol. The van der Waals surface area contributed by atoms with Crippen molar-refractivity contribution in [1.29, 1.82) is 0 Å². The zero-order chi connectivity index (χ0) is 12.4. The number of rotatable bonds is 3. The third kappa shape index (κ3) is 2.75. The second-order valence-corrected chi connectivity index (χ2v) is 4.92. The lowest BCUT2D eigenvalue weighted by Crippen LogP contribution is -2.38. The molecule has 1 aromatic heterocycles. The normalized spacial score (nSPS) is 24.3. The van der Waals surface area contributed by atoms with Crippen molar-refractivity contribution in [2.75, 3.05) is 14.1 Å². The highest BCUT2D eigenvalue weighted by Crippen LogP contribution is 2.27. The van der Waals surface area contributed by atoms with Gasteiger partial charge in [-0.1, -0.05) is 0 Å². The van der Waals surface area contributed by atoms with Crippen LogP contribution in [0.5, 0.6) is 5.88 Å². The third-order valence-corrected chi connectivity index (χ3v) is 3.29. The lowest BCUT2D eigenvalue weighted by atomic mass is 10.2. The Morgan fingerprint density at radius 3 is 2.82 bits per heavy atom. The van der Waals surface area contributed by atoms with Crippen LogP contribution in [0.1, 0.15) is 24.8 Å². The Labute approximate surface area is 102 Å². The number of nitrogens with zero attached hydrogens (tertiary/aromatic N) is 2. The van der Waals surface area contributed by atoms with Gasteiger partial charge < -0.3 is 9.64 Å². The number of pyridine rings is 1. The van der Waals surface area contributed by atoms with Gasteiger partial charge in [-0.2, -0.15) is 0 Å². The van der Waals surface area contributed by atoms with E-state index in [0.29, 0.717) is 6.04 Å². The Hall–Kier alpha value is -1.16. The molecule has 3 nitrogen and oxygen atoms in total. The molecule has 0 N–H and O–H groups in total. The Bertz CT molecular complexity index is 395. The van der Waals surface area contributed by atoms with Crippen molar-refractivity contribution in [2.24, 2.45) is 0 Å². The summed E-state index contributed by atoms with van der Waals surface area (Å²) >= 11 is 0. The fourth-order valence-electron chi connectivity index (χ4n) is 2.39. The van der Waals surface area contributed by atoms with E-state index in [1.807, 2.05) is 21.0 Å². The molecule has 0 amide bonds. The van der Waals surface area contributed by atoms with E-state index in [-0.39, 0.29) is 17.8 Å². The van der Waals surface area contributed by atoms with Gasteiger partial charge in [0, 0.05) is 12.2 Å². The highest BCUT2D eigenvalue weighted by atomic mass is 19.1. The minimum absolute atomic E-state index is 0.0507. The standard InChI is InChI=1S/C13H19FN2O/c1-9-7-10(14)13(15-8-9)17-12-6-4-5-11(12)16(2)3/h7-8,11-12H,4-6H2,1-3H3. The zero-order valence-electron chi connectivity index (χ0n) is 10.6. The van der Waals surface area contributed by atoms with Crippen LogP contribution in [0, 0.1) is 12.7 Å². The first-order valence-corrected chi connectivity index (χ1v) is 6.03. The molecule has 17 heavy (non-hydrogen) atoms. The van der Waals surface area contributed by atoms with Gasteiger partial charge in [-0.15, -0.1) is 0 Å². The van der Waals surface area contributed by atoms with Crippen LogP contribution in [-0.4, -0.2) is 36.1 Å². The largest absolute Gasteiger partial charge is 0.471 e. The number of aromatic nitrogens is 1. The molecule has 2 unspecified atom stereocenters. The van der Waals surface area contributed by atoms with Gasteiger partial charge in [-0.25, -0.2) is 9.37 Å². The molecular formula is C13H19FN2O. The number of hydrogen-bond donors (Lipinski definition) is 0. The maximum Gasteiger partial charge on any atom is 0.250 e. The van der Waals surface area contributed by atoms with Crippen molar-refractivity contribution in [1.82, 2.24) is 9.88 Å². The molecule has 4 heteroatoms. The summed E-state index contributed by atoms with van der Waals surface area (Å²) in [6.45, 7) is 1.82. The van der Waals surface area contributed by atoms with E-state index in [2.05, 4.69) is 9.88 Å². The van der Waals surface area contributed by atoms with Crippen molar-refractivity contribution < 1.29 is 9.13 Å². The summed E-state index contributed by atoms with van der Waals surface area (Å²) in [5.74, 6) is -0.233. The maximum atomic E-state index is 13.6. The predicted octanol–water partition coefficient (Wildman–Crippen LogP) is 2.39. The highest BCUT2D eigenvalue weighted by Gasteiger charge is 2.31. The smallest absolute Gasteiger partial charge is 0.250 e. The molecule has 1 aromatic rings. The van der Waals surface area contributed by atoms with Crippen LogP contribution in [0.4, 0.5) is 4.39 Å². The highest BCUT2D eigenvalue weighted by molar-refractivity contribution is 5.19.